The van der Waals surface area contributed by atoms with E-state index in [1.165, 1.54) is 0 Å². The van der Waals surface area contributed by atoms with Crippen LogP contribution in [0.4, 0.5) is 32.3 Å². The van der Waals surface area contributed by atoms with Crippen LogP contribution in [0.3, 0.4) is 0 Å². The lowest BCUT2D eigenvalue weighted by Gasteiger charge is -2.14. The molecule has 0 saturated heterocycles. The highest BCUT2D eigenvalue weighted by Gasteiger charge is 2.10. The molecule has 0 bridgehead atoms. The molecule has 0 aliphatic heterocycles. The van der Waals surface area contributed by atoms with E-state index in [0.717, 1.165) is 0 Å². The molecule has 3 aromatic carbocycles. The first-order valence-electron chi connectivity index (χ1n) is 8.67. The van der Waals surface area contributed by atoms with E-state index in [2.05, 4.69) is 21.3 Å². The second-order valence-corrected chi connectivity index (χ2v) is 7.02. The van der Waals surface area contributed by atoms with Gasteiger partial charge in [-0.1, -0.05) is 29.3 Å². The summed E-state index contributed by atoms with van der Waals surface area (Å²) in [6.45, 7) is 1.80. The zero-order chi connectivity index (χ0) is 20.8. The van der Waals surface area contributed by atoms with Crippen LogP contribution in [0, 0.1) is 6.92 Å². The Balaban J connectivity index is 1.63. The third-order valence-electron chi connectivity index (χ3n) is 4.03. The van der Waals surface area contributed by atoms with E-state index in [4.69, 9.17) is 23.2 Å². The summed E-state index contributed by atoms with van der Waals surface area (Å²) in [5, 5.41) is 12.2. The van der Waals surface area contributed by atoms with Gasteiger partial charge in [0.2, 0.25) is 0 Å². The minimum atomic E-state index is -0.404. The molecule has 3 aromatic rings. The van der Waals surface area contributed by atoms with Crippen molar-refractivity contribution < 1.29 is 9.59 Å². The second kappa shape index (κ2) is 9.32. The monoisotopic (exact) mass is 428 g/mol. The highest BCUT2D eigenvalue weighted by atomic mass is 35.5. The molecule has 29 heavy (non-hydrogen) atoms. The van der Waals surface area contributed by atoms with Gasteiger partial charge in [-0.25, -0.2) is 9.59 Å². The number of benzene rings is 3. The van der Waals surface area contributed by atoms with Crippen molar-refractivity contribution in [2.24, 2.45) is 0 Å². The molecule has 0 spiro atoms. The molecular formula is C21H18Cl2N4O2. The van der Waals surface area contributed by atoms with Gasteiger partial charge in [-0.2, -0.15) is 0 Å². The van der Waals surface area contributed by atoms with Gasteiger partial charge in [0.15, 0.2) is 0 Å². The molecule has 0 aromatic heterocycles. The number of hydrogen-bond acceptors (Lipinski definition) is 2. The Labute approximate surface area is 178 Å². The lowest BCUT2D eigenvalue weighted by atomic mass is 10.1. The van der Waals surface area contributed by atoms with E-state index in [1.54, 1.807) is 73.7 Å². The molecular weight excluding hydrogens is 411 g/mol. The van der Waals surface area contributed by atoms with Gasteiger partial charge >= 0.3 is 12.1 Å². The Morgan fingerprint density at radius 2 is 1.00 bits per heavy atom. The van der Waals surface area contributed by atoms with E-state index in [1.807, 2.05) is 0 Å². The highest BCUT2D eigenvalue weighted by molar-refractivity contribution is 6.31. The first-order chi connectivity index (χ1) is 13.9. The predicted molar refractivity (Wildman–Crippen MR) is 119 cm³/mol. The van der Waals surface area contributed by atoms with E-state index >= 15 is 0 Å². The fourth-order valence-corrected chi connectivity index (χ4v) is 2.79. The van der Waals surface area contributed by atoms with Gasteiger partial charge in [-0.3, -0.25) is 0 Å². The van der Waals surface area contributed by atoms with E-state index in [0.29, 0.717) is 38.4 Å². The quantitative estimate of drug-likeness (QED) is 0.377. The van der Waals surface area contributed by atoms with Crippen LogP contribution >= 0.6 is 23.2 Å². The van der Waals surface area contributed by atoms with Gasteiger partial charge in [0.25, 0.3) is 0 Å². The summed E-state index contributed by atoms with van der Waals surface area (Å²) >= 11 is 11.7. The van der Waals surface area contributed by atoms with Crippen LogP contribution in [-0.4, -0.2) is 12.1 Å². The van der Waals surface area contributed by atoms with Crippen molar-refractivity contribution in [2.75, 3.05) is 21.3 Å². The number of rotatable bonds is 4. The Morgan fingerprint density at radius 3 is 1.38 bits per heavy atom. The maximum atomic E-state index is 12.3. The van der Waals surface area contributed by atoms with Gasteiger partial charge in [-0.15, -0.1) is 0 Å². The van der Waals surface area contributed by atoms with Crippen LogP contribution in [-0.2, 0) is 0 Å². The smallest absolute Gasteiger partial charge is 0.308 e. The summed E-state index contributed by atoms with van der Waals surface area (Å²) in [5.74, 6) is 0. The number of nitrogens with one attached hydrogen (secondary N) is 4. The van der Waals surface area contributed by atoms with Crippen molar-refractivity contribution in [2.45, 2.75) is 6.92 Å². The van der Waals surface area contributed by atoms with Crippen molar-refractivity contribution in [3.8, 4) is 0 Å². The maximum absolute atomic E-state index is 12.3. The Bertz CT molecular complexity index is 942. The van der Waals surface area contributed by atoms with Crippen molar-refractivity contribution in [1.82, 2.24) is 0 Å². The number of halogens is 2. The predicted octanol–water partition coefficient (Wildman–Crippen LogP) is 6.59. The van der Waals surface area contributed by atoms with Crippen LogP contribution in [0.5, 0.6) is 0 Å². The van der Waals surface area contributed by atoms with E-state index in [-0.39, 0.29) is 0 Å². The van der Waals surface area contributed by atoms with Crippen LogP contribution in [0.25, 0.3) is 0 Å². The summed E-state index contributed by atoms with van der Waals surface area (Å²) in [6, 6.07) is 18.0. The van der Waals surface area contributed by atoms with Gasteiger partial charge < -0.3 is 21.3 Å². The second-order valence-electron chi connectivity index (χ2n) is 6.15. The first-order valence-corrected chi connectivity index (χ1v) is 9.43. The summed E-state index contributed by atoms with van der Waals surface area (Å²) in [5.41, 5.74) is 3.08. The third kappa shape index (κ3) is 5.88. The fraction of sp³-hybridized carbons (Fsp3) is 0.0476. The molecule has 148 valence electrons. The van der Waals surface area contributed by atoms with Crippen LogP contribution < -0.4 is 21.3 Å². The molecule has 8 heteroatoms. The van der Waals surface area contributed by atoms with Crippen molar-refractivity contribution in [3.05, 3.63) is 82.3 Å². The molecule has 0 aliphatic rings. The van der Waals surface area contributed by atoms with Crippen LogP contribution in [0.1, 0.15) is 5.56 Å². The first kappa shape index (κ1) is 20.5. The highest BCUT2D eigenvalue weighted by Crippen LogP contribution is 2.24. The molecule has 4 N–H and O–H groups in total. The summed E-state index contributed by atoms with van der Waals surface area (Å²) in [7, 11) is 0. The number of amides is 4. The van der Waals surface area contributed by atoms with Gasteiger partial charge in [-0.05, 0) is 73.2 Å². The van der Waals surface area contributed by atoms with Crippen molar-refractivity contribution >= 4 is 58.0 Å². The summed E-state index contributed by atoms with van der Waals surface area (Å²) in [4.78, 5) is 24.5. The van der Waals surface area contributed by atoms with Crippen molar-refractivity contribution in [3.63, 3.8) is 0 Å². The molecule has 0 aliphatic carbocycles. The standard InChI is InChI=1S/C21H18Cl2N4O2/c1-13-18(26-20(28)24-16-9-5-14(22)6-10-16)3-2-4-19(13)27-21(29)25-17-11-7-15(23)8-12-17/h2-12H,1H3,(H2,24,26,28)(H2,25,27,29). The lowest BCUT2D eigenvalue weighted by Crippen LogP contribution is -2.22. The SMILES string of the molecule is Cc1c(NC(=O)Nc2ccc(Cl)cc2)cccc1NC(=O)Nc1ccc(Cl)cc1. The Morgan fingerprint density at radius 1 is 0.621 bits per heavy atom. The van der Waals surface area contributed by atoms with Gasteiger partial charge in [0.05, 0.1) is 0 Å². The molecule has 3 rings (SSSR count). The molecule has 0 radical (unpaired) electrons. The largest absolute Gasteiger partial charge is 0.323 e. The van der Waals surface area contributed by atoms with Crippen LogP contribution in [0.15, 0.2) is 66.7 Å². The number of carbonyl (C=O) groups excluding carboxylic acids is 2. The zero-order valence-corrected chi connectivity index (χ0v) is 16.9. The molecule has 6 nitrogen and oxygen atoms in total. The minimum absolute atomic E-state index is 0.404. The molecule has 0 fully saturated rings. The lowest BCUT2D eigenvalue weighted by molar-refractivity contribution is 0.261. The third-order valence-corrected chi connectivity index (χ3v) is 4.54. The summed E-state index contributed by atoms with van der Waals surface area (Å²) < 4.78 is 0. The average Bonchev–Trinajstić information content (AvgIpc) is 2.68. The molecule has 0 saturated carbocycles. The van der Waals surface area contributed by atoms with Crippen molar-refractivity contribution in [1.29, 1.82) is 0 Å². The van der Waals surface area contributed by atoms with Gasteiger partial charge in [0.1, 0.15) is 0 Å². The number of urea groups is 2. The topological polar surface area (TPSA) is 82.3 Å². The van der Waals surface area contributed by atoms with E-state index < -0.39 is 12.1 Å². The zero-order valence-electron chi connectivity index (χ0n) is 15.4. The Hall–Kier alpha value is -3.22. The molecule has 0 unspecified atom stereocenters. The van der Waals surface area contributed by atoms with Gasteiger partial charge in [0, 0.05) is 32.8 Å². The Kier molecular flexibility index (Phi) is 6.59. The minimum Gasteiger partial charge on any atom is -0.308 e. The maximum Gasteiger partial charge on any atom is 0.323 e. The normalized spacial score (nSPS) is 10.2. The van der Waals surface area contributed by atoms with E-state index in [9.17, 15) is 9.59 Å². The fourth-order valence-electron chi connectivity index (χ4n) is 2.54. The number of carbonyl (C=O) groups is 2. The molecule has 4 amide bonds. The number of hydrogen-bond donors (Lipinski definition) is 4. The average molecular weight is 429 g/mol. The molecule has 0 atom stereocenters. The summed E-state index contributed by atoms with van der Waals surface area (Å²) in [6.07, 6.45) is 0. The van der Waals surface area contributed by atoms with Crippen LogP contribution in [0.2, 0.25) is 10.0 Å². The molecule has 0 heterocycles. The number of anilines is 4.